The summed E-state index contributed by atoms with van der Waals surface area (Å²) in [5.41, 5.74) is 1.77. The summed E-state index contributed by atoms with van der Waals surface area (Å²) in [5, 5.41) is 8.12. The Labute approximate surface area is 117 Å². The highest BCUT2D eigenvalue weighted by atomic mass is 127. The highest BCUT2D eigenvalue weighted by molar-refractivity contribution is 14.1. The summed E-state index contributed by atoms with van der Waals surface area (Å²) in [5.74, 6) is 1.01. The van der Waals surface area contributed by atoms with Crippen LogP contribution in [-0.4, -0.2) is 15.2 Å². The summed E-state index contributed by atoms with van der Waals surface area (Å²) < 4.78 is 6.75. The van der Waals surface area contributed by atoms with E-state index in [0.29, 0.717) is 11.8 Å². The Balaban J connectivity index is 2.03. The summed E-state index contributed by atoms with van der Waals surface area (Å²) in [6, 6.07) is 11.6. The fourth-order valence-electron chi connectivity index (χ4n) is 1.57. The third-order valence-electron chi connectivity index (χ3n) is 2.44. The number of benzene rings is 1. The molecule has 0 bridgehead atoms. The zero-order chi connectivity index (χ0) is 12.4. The van der Waals surface area contributed by atoms with Crippen LogP contribution in [0.5, 0.6) is 0 Å². The second-order valence-corrected chi connectivity index (χ2v) is 4.80. The van der Waals surface area contributed by atoms with Gasteiger partial charge in [0.1, 0.15) is 0 Å². The highest BCUT2D eigenvalue weighted by Gasteiger charge is 2.12. The number of aromatic nitrogens is 3. The maximum absolute atomic E-state index is 5.67. The molecule has 3 rings (SSSR count). The van der Waals surface area contributed by atoms with Crippen LogP contribution in [0.3, 0.4) is 0 Å². The van der Waals surface area contributed by atoms with Crippen molar-refractivity contribution in [2.24, 2.45) is 0 Å². The predicted octanol–water partition coefficient (Wildman–Crippen LogP) is 3.40. The van der Waals surface area contributed by atoms with Gasteiger partial charge in [0.15, 0.2) is 0 Å². The van der Waals surface area contributed by atoms with Gasteiger partial charge in [-0.05, 0) is 46.9 Å². The van der Waals surface area contributed by atoms with Crippen LogP contribution in [0.25, 0.3) is 22.9 Å². The Hall–Kier alpha value is -1.76. The molecule has 18 heavy (non-hydrogen) atoms. The number of hydrogen-bond acceptors (Lipinski definition) is 4. The number of hydrogen-bond donors (Lipinski definition) is 0. The van der Waals surface area contributed by atoms with Gasteiger partial charge in [-0.2, -0.15) is 0 Å². The first-order valence-electron chi connectivity index (χ1n) is 5.33. The Morgan fingerprint density at radius 2 is 1.78 bits per heavy atom. The number of nitrogens with zero attached hydrogens (tertiary/aromatic N) is 3. The Kier molecular flexibility index (Phi) is 3.06. The van der Waals surface area contributed by atoms with Crippen LogP contribution >= 0.6 is 22.6 Å². The van der Waals surface area contributed by atoms with Crippen molar-refractivity contribution in [3.63, 3.8) is 0 Å². The van der Waals surface area contributed by atoms with Crippen LogP contribution in [0, 0.1) is 3.57 Å². The maximum atomic E-state index is 5.67. The molecular formula is C13H8IN3O. The van der Waals surface area contributed by atoms with Gasteiger partial charge in [0.2, 0.25) is 11.8 Å². The SMILES string of the molecule is Ic1ccccc1-c1nnc(-c2cccnc2)o1. The molecule has 0 amide bonds. The molecule has 0 saturated carbocycles. The minimum Gasteiger partial charge on any atom is -0.416 e. The first kappa shape index (κ1) is 11.3. The van der Waals surface area contributed by atoms with Crippen molar-refractivity contribution in [1.82, 2.24) is 15.2 Å². The fourth-order valence-corrected chi connectivity index (χ4v) is 2.19. The van der Waals surface area contributed by atoms with Gasteiger partial charge in [-0.25, -0.2) is 0 Å². The second-order valence-electron chi connectivity index (χ2n) is 3.63. The first-order chi connectivity index (χ1) is 8.84. The Bertz CT molecular complexity index is 667. The van der Waals surface area contributed by atoms with Crippen LogP contribution < -0.4 is 0 Å². The minimum atomic E-state index is 0.484. The highest BCUT2D eigenvalue weighted by Crippen LogP contribution is 2.26. The molecule has 88 valence electrons. The normalized spacial score (nSPS) is 10.5. The van der Waals surface area contributed by atoms with Gasteiger partial charge in [0.25, 0.3) is 0 Å². The van der Waals surface area contributed by atoms with Crippen molar-refractivity contribution in [2.75, 3.05) is 0 Å². The molecule has 5 heteroatoms. The van der Waals surface area contributed by atoms with E-state index in [1.54, 1.807) is 12.4 Å². The summed E-state index contributed by atoms with van der Waals surface area (Å²) >= 11 is 2.25. The predicted molar refractivity (Wildman–Crippen MR) is 75.7 cm³/mol. The van der Waals surface area contributed by atoms with E-state index in [4.69, 9.17) is 4.42 Å². The summed E-state index contributed by atoms with van der Waals surface area (Å²) in [6.07, 6.45) is 3.41. The van der Waals surface area contributed by atoms with E-state index in [9.17, 15) is 0 Å². The first-order valence-corrected chi connectivity index (χ1v) is 6.41. The van der Waals surface area contributed by atoms with Crippen molar-refractivity contribution in [3.05, 3.63) is 52.4 Å². The van der Waals surface area contributed by atoms with Crippen molar-refractivity contribution < 1.29 is 4.42 Å². The maximum Gasteiger partial charge on any atom is 0.249 e. The van der Waals surface area contributed by atoms with Crippen LogP contribution in [-0.2, 0) is 0 Å². The molecule has 0 fully saturated rings. The molecule has 3 aromatic rings. The van der Waals surface area contributed by atoms with Crippen LogP contribution in [0.15, 0.2) is 53.2 Å². The van der Waals surface area contributed by atoms with Gasteiger partial charge in [0.05, 0.1) is 11.1 Å². The van der Waals surface area contributed by atoms with Gasteiger partial charge in [-0.3, -0.25) is 4.98 Å². The molecule has 0 spiro atoms. The van der Waals surface area contributed by atoms with Crippen molar-refractivity contribution in [1.29, 1.82) is 0 Å². The van der Waals surface area contributed by atoms with Crippen LogP contribution in [0.1, 0.15) is 0 Å². The third-order valence-corrected chi connectivity index (χ3v) is 3.38. The number of pyridine rings is 1. The van der Waals surface area contributed by atoms with E-state index in [2.05, 4.69) is 37.8 Å². The number of rotatable bonds is 2. The van der Waals surface area contributed by atoms with Crippen molar-refractivity contribution >= 4 is 22.6 Å². The second kappa shape index (κ2) is 4.85. The van der Waals surface area contributed by atoms with Crippen molar-refractivity contribution in [2.45, 2.75) is 0 Å². The monoisotopic (exact) mass is 349 g/mol. The van der Waals surface area contributed by atoms with Gasteiger partial charge < -0.3 is 4.42 Å². The molecule has 0 N–H and O–H groups in total. The zero-order valence-electron chi connectivity index (χ0n) is 9.25. The lowest BCUT2D eigenvalue weighted by molar-refractivity contribution is 0.584. The van der Waals surface area contributed by atoms with Gasteiger partial charge in [0, 0.05) is 16.0 Å². The summed E-state index contributed by atoms with van der Waals surface area (Å²) in [7, 11) is 0. The van der Waals surface area contributed by atoms with Gasteiger partial charge >= 0.3 is 0 Å². The fraction of sp³-hybridized carbons (Fsp3) is 0. The molecule has 0 aliphatic carbocycles. The van der Waals surface area contributed by atoms with Gasteiger partial charge in [-0.1, -0.05) is 12.1 Å². The molecule has 0 aliphatic heterocycles. The average Bonchev–Trinajstić information content (AvgIpc) is 2.90. The molecular weight excluding hydrogens is 341 g/mol. The van der Waals surface area contributed by atoms with E-state index < -0.39 is 0 Å². The van der Waals surface area contributed by atoms with E-state index >= 15 is 0 Å². The van der Waals surface area contributed by atoms with Gasteiger partial charge in [-0.15, -0.1) is 10.2 Å². The van der Waals surface area contributed by atoms with E-state index in [1.165, 1.54) is 0 Å². The summed E-state index contributed by atoms with van der Waals surface area (Å²) in [4.78, 5) is 4.03. The van der Waals surface area contributed by atoms with E-state index in [0.717, 1.165) is 14.7 Å². The molecule has 2 aromatic heterocycles. The zero-order valence-corrected chi connectivity index (χ0v) is 11.4. The molecule has 0 atom stereocenters. The quantitative estimate of drug-likeness (QED) is 0.666. The van der Waals surface area contributed by atoms with E-state index in [1.807, 2.05) is 36.4 Å². The van der Waals surface area contributed by atoms with Crippen LogP contribution in [0.4, 0.5) is 0 Å². The van der Waals surface area contributed by atoms with Crippen LogP contribution in [0.2, 0.25) is 0 Å². The molecule has 0 saturated heterocycles. The third kappa shape index (κ3) is 2.13. The topological polar surface area (TPSA) is 51.8 Å². The smallest absolute Gasteiger partial charge is 0.249 e. The molecule has 1 aromatic carbocycles. The number of halogens is 1. The molecule has 0 aliphatic rings. The largest absolute Gasteiger partial charge is 0.416 e. The Morgan fingerprint density at radius 1 is 0.944 bits per heavy atom. The summed E-state index contributed by atoms with van der Waals surface area (Å²) in [6.45, 7) is 0. The lowest BCUT2D eigenvalue weighted by Gasteiger charge is -1.97. The van der Waals surface area contributed by atoms with Crippen molar-refractivity contribution in [3.8, 4) is 22.9 Å². The lowest BCUT2D eigenvalue weighted by atomic mass is 10.2. The van der Waals surface area contributed by atoms with E-state index in [-0.39, 0.29) is 0 Å². The molecule has 2 heterocycles. The lowest BCUT2D eigenvalue weighted by Crippen LogP contribution is -1.81. The Morgan fingerprint density at radius 3 is 2.56 bits per heavy atom. The molecule has 0 unspecified atom stereocenters. The average molecular weight is 349 g/mol. The standard InChI is InChI=1S/C13H8IN3O/c14-11-6-2-1-5-10(11)13-17-16-12(18-13)9-4-3-7-15-8-9/h1-8H. The molecule has 0 radical (unpaired) electrons. The molecule has 4 nitrogen and oxygen atoms in total. The minimum absolute atomic E-state index is 0.484.